The Labute approximate surface area is 301 Å². The molecule has 0 bridgehead atoms. The summed E-state index contributed by atoms with van der Waals surface area (Å²) in [6.07, 6.45) is 42.0. The molecule has 0 spiro atoms. The highest BCUT2D eigenvalue weighted by Crippen LogP contribution is 2.43. The molecule has 8 nitrogen and oxygen atoms in total. The summed E-state index contributed by atoms with van der Waals surface area (Å²) in [7, 11) is -4.34. The zero-order valence-electron chi connectivity index (χ0n) is 31.7. The van der Waals surface area contributed by atoms with Gasteiger partial charge in [-0.2, -0.15) is 0 Å². The molecular formula is C40H77N2O6P. The Balaban J connectivity index is 4.31. The number of carbonyl (C=O) groups is 1. The second kappa shape index (κ2) is 36.5. The van der Waals surface area contributed by atoms with Crippen LogP contribution in [0, 0.1) is 0 Å². The van der Waals surface area contributed by atoms with Crippen LogP contribution in [0.3, 0.4) is 0 Å². The SMILES string of the molecule is CCCCCCCCCCCC/C=C/CC/C=C/CC/C=C/C(O)C(COP(=O)(O)OCCN)NC(=O)CCCCCCCCCCCC. The van der Waals surface area contributed by atoms with Crippen molar-refractivity contribution in [2.24, 2.45) is 5.73 Å². The maximum absolute atomic E-state index is 12.7. The van der Waals surface area contributed by atoms with Crippen molar-refractivity contribution in [1.29, 1.82) is 0 Å². The average Bonchev–Trinajstić information content (AvgIpc) is 3.09. The van der Waals surface area contributed by atoms with E-state index in [0.717, 1.165) is 44.9 Å². The number of allylic oxidation sites excluding steroid dienone is 5. The van der Waals surface area contributed by atoms with Crippen LogP contribution >= 0.6 is 7.82 Å². The van der Waals surface area contributed by atoms with Crippen LogP contribution in [0.4, 0.5) is 0 Å². The predicted octanol–water partition coefficient (Wildman–Crippen LogP) is 10.8. The molecule has 0 heterocycles. The van der Waals surface area contributed by atoms with Crippen molar-refractivity contribution < 1.29 is 28.4 Å². The second-order valence-electron chi connectivity index (χ2n) is 13.5. The fraction of sp³-hybridized carbons (Fsp3) is 0.825. The van der Waals surface area contributed by atoms with E-state index in [0.29, 0.717) is 6.42 Å². The van der Waals surface area contributed by atoms with Gasteiger partial charge in [-0.1, -0.05) is 166 Å². The predicted molar refractivity (Wildman–Crippen MR) is 208 cm³/mol. The third-order valence-electron chi connectivity index (χ3n) is 8.70. The topological polar surface area (TPSA) is 131 Å². The van der Waals surface area contributed by atoms with Crippen molar-refractivity contribution in [3.05, 3.63) is 36.5 Å². The van der Waals surface area contributed by atoms with E-state index < -0.39 is 20.0 Å². The molecule has 3 atom stereocenters. The minimum atomic E-state index is -4.34. The number of phosphoric ester groups is 1. The van der Waals surface area contributed by atoms with E-state index in [-0.39, 0.29) is 25.7 Å². The number of aliphatic hydroxyl groups excluding tert-OH is 1. The summed E-state index contributed by atoms with van der Waals surface area (Å²) < 4.78 is 22.0. The highest BCUT2D eigenvalue weighted by molar-refractivity contribution is 7.47. The molecule has 0 aliphatic carbocycles. The summed E-state index contributed by atoms with van der Waals surface area (Å²) in [5.41, 5.74) is 5.35. The van der Waals surface area contributed by atoms with Crippen molar-refractivity contribution in [3.63, 3.8) is 0 Å². The van der Waals surface area contributed by atoms with E-state index in [1.54, 1.807) is 6.08 Å². The summed E-state index contributed by atoms with van der Waals surface area (Å²) in [6, 6.07) is -0.878. The van der Waals surface area contributed by atoms with Gasteiger partial charge >= 0.3 is 7.82 Å². The number of rotatable bonds is 37. The van der Waals surface area contributed by atoms with Gasteiger partial charge in [-0.15, -0.1) is 0 Å². The Morgan fingerprint density at radius 3 is 1.57 bits per heavy atom. The van der Waals surface area contributed by atoms with E-state index in [1.165, 1.54) is 116 Å². The largest absolute Gasteiger partial charge is 0.472 e. The lowest BCUT2D eigenvalue weighted by Gasteiger charge is -2.23. The fourth-order valence-electron chi connectivity index (χ4n) is 5.63. The Bertz CT molecular complexity index is 866. The lowest BCUT2D eigenvalue weighted by Crippen LogP contribution is -2.45. The Morgan fingerprint density at radius 2 is 1.08 bits per heavy atom. The van der Waals surface area contributed by atoms with Crippen LogP contribution in [-0.4, -0.2) is 47.8 Å². The molecule has 0 saturated heterocycles. The smallest absolute Gasteiger partial charge is 0.387 e. The molecule has 0 fully saturated rings. The van der Waals surface area contributed by atoms with E-state index in [9.17, 15) is 19.4 Å². The van der Waals surface area contributed by atoms with Crippen molar-refractivity contribution in [2.75, 3.05) is 19.8 Å². The van der Waals surface area contributed by atoms with Gasteiger partial charge in [0.1, 0.15) is 0 Å². The quantitative estimate of drug-likeness (QED) is 0.0286. The molecule has 0 aromatic carbocycles. The fourth-order valence-corrected chi connectivity index (χ4v) is 6.39. The first-order valence-electron chi connectivity index (χ1n) is 20.1. The summed E-state index contributed by atoms with van der Waals surface area (Å²) in [5, 5.41) is 13.6. The highest BCUT2D eigenvalue weighted by Gasteiger charge is 2.26. The van der Waals surface area contributed by atoms with Gasteiger partial charge in [-0.05, 0) is 44.9 Å². The van der Waals surface area contributed by atoms with E-state index >= 15 is 0 Å². The molecule has 1 amide bonds. The molecule has 49 heavy (non-hydrogen) atoms. The van der Waals surface area contributed by atoms with Crippen molar-refractivity contribution in [2.45, 2.75) is 193 Å². The Morgan fingerprint density at radius 1 is 0.653 bits per heavy atom. The van der Waals surface area contributed by atoms with Crippen LogP contribution in [0.15, 0.2) is 36.5 Å². The molecule has 0 aliphatic rings. The number of hydrogen-bond donors (Lipinski definition) is 4. The van der Waals surface area contributed by atoms with E-state index in [1.807, 2.05) is 6.08 Å². The van der Waals surface area contributed by atoms with Crippen LogP contribution in [0.25, 0.3) is 0 Å². The second-order valence-corrected chi connectivity index (χ2v) is 14.9. The number of hydrogen-bond acceptors (Lipinski definition) is 6. The first-order chi connectivity index (χ1) is 23.9. The molecule has 288 valence electrons. The molecule has 0 saturated carbocycles. The molecule has 0 aliphatic heterocycles. The van der Waals surface area contributed by atoms with Gasteiger partial charge in [0.15, 0.2) is 0 Å². The molecule has 0 aromatic rings. The number of aliphatic hydroxyl groups is 1. The van der Waals surface area contributed by atoms with Crippen LogP contribution < -0.4 is 11.1 Å². The van der Waals surface area contributed by atoms with Crippen molar-refractivity contribution in [3.8, 4) is 0 Å². The van der Waals surface area contributed by atoms with Gasteiger partial charge in [0, 0.05) is 13.0 Å². The van der Waals surface area contributed by atoms with E-state index in [4.69, 9.17) is 14.8 Å². The molecule has 5 N–H and O–H groups in total. The normalized spacial score (nSPS) is 14.6. The molecule has 0 radical (unpaired) electrons. The number of nitrogens with two attached hydrogens (primary N) is 1. The van der Waals surface area contributed by atoms with Crippen molar-refractivity contribution >= 4 is 13.7 Å². The molecule has 3 unspecified atom stereocenters. The minimum absolute atomic E-state index is 0.0723. The van der Waals surface area contributed by atoms with E-state index in [2.05, 4.69) is 43.5 Å². The monoisotopic (exact) mass is 713 g/mol. The number of unbranched alkanes of at least 4 members (excludes halogenated alkanes) is 21. The molecule has 0 aromatic heterocycles. The van der Waals surface area contributed by atoms with Crippen LogP contribution in [0.2, 0.25) is 0 Å². The van der Waals surface area contributed by atoms with Gasteiger partial charge in [0.05, 0.1) is 25.4 Å². The van der Waals surface area contributed by atoms with Gasteiger partial charge in [-0.25, -0.2) is 4.57 Å². The zero-order chi connectivity index (χ0) is 36.1. The molecule has 0 rings (SSSR count). The Kier molecular flexibility index (Phi) is 35.6. The average molecular weight is 713 g/mol. The number of nitrogens with one attached hydrogen (secondary N) is 1. The van der Waals surface area contributed by atoms with Crippen molar-refractivity contribution in [1.82, 2.24) is 5.32 Å². The van der Waals surface area contributed by atoms with Gasteiger partial charge in [-0.3, -0.25) is 13.8 Å². The lowest BCUT2D eigenvalue weighted by molar-refractivity contribution is -0.123. The van der Waals surface area contributed by atoms with Gasteiger partial charge in [0.25, 0.3) is 0 Å². The number of amides is 1. The highest BCUT2D eigenvalue weighted by atomic mass is 31.2. The van der Waals surface area contributed by atoms with Crippen LogP contribution in [0.5, 0.6) is 0 Å². The van der Waals surface area contributed by atoms with Crippen LogP contribution in [0.1, 0.15) is 181 Å². The van der Waals surface area contributed by atoms with Crippen LogP contribution in [-0.2, 0) is 18.4 Å². The first-order valence-corrected chi connectivity index (χ1v) is 21.6. The maximum atomic E-state index is 12.7. The number of carbonyl (C=O) groups excluding carboxylic acids is 1. The summed E-state index contributed by atoms with van der Waals surface area (Å²) in [4.78, 5) is 22.5. The first kappa shape index (κ1) is 47.7. The number of phosphoric acid groups is 1. The minimum Gasteiger partial charge on any atom is -0.387 e. The maximum Gasteiger partial charge on any atom is 0.472 e. The zero-order valence-corrected chi connectivity index (χ0v) is 32.6. The standard InChI is InChI=1S/C40H77N2O6P/c1-3-5-7-9-11-13-15-16-17-18-19-20-21-22-23-24-25-27-29-31-33-39(43)38(37-48-49(45,46)47-36-35-41)42-40(44)34-32-30-28-26-14-12-10-8-6-4-2/h20-21,24-25,31,33,38-39,43H,3-19,22-23,26-30,32,34-37,41H2,1-2H3,(H,42,44)(H,45,46)/b21-20+,25-24+,33-31+. The third-order valence-corrected chi connectivity index (χ3v) is 9.68. The summed E-state index contributed by atoms with van der Waals surface area (Å²) >= 11 is 0. The van der Waals surface area contributed by atoms with Gasteiger partial charge in [0.2, 0.25) is 5.91 Å². The third kappa shape index (κ3) is 34.9. The molecule has 9 heteroatoms. The Hall–Kier alpha value is -1.28. The lowest BCUT2D eigenvalue weighted by atomic mass is 10.1. The summed E-state index contributed by atoms with van der Waals surface area (Å²) in [6.45, 7) is 4.08. The van der Waals surface area contributed by atoms with Gasteiger partial charge < -0.3 is 21.1 Å². The molecular weight excluding hydrogens is 635 g/mol. The summed E-state index contributed by atoms with van der Waals surface area (Å²) in [5.74, 6) is -0.211.